The Morgan fingerprint density at radius 1 is 1.53 bits per heavy atom. The van der Waals surface area contributed by atoms with Crippen LogP contribution in [0.1, 0.15) is 41.0 Å². The molecule has 1 unspecified atom stereocenters. The van der Waals surface area contributed by atoms with Crippen LogP contribution in [0.2, 0.25) is 5.15 Å². The molecule has 0 aliphatic heterocycles. The minimum Gasteiger partial charge on any atom is -0.344 e. The van der Waals surface area contributed by atoms with Crippen molar-refractivity contribution < 1.29 is 4.79 Å². The number of halogens is 1. The van der Waals surface area contributed by atoms with Crippen molar-refractivity contribution in [3.63, 3.8) is 0 Å². The van der Waals surface area contributed by atoms with Crippen molar-refractivity contribution in [1.29, 1.82) is 0 Å². The molecule has 0 saturated carbocycles. The van der Waals surface area contributed by atoms with Crippen LogP contribution in [0, 0.1) is 0 Å². The van der Waals surface area contributed by atoms with Gasteiger partial charge in [-0.05, 0) is 30.0 Å². The lowest BCUT2D eigenvalue weighted by Crippen LogP contribution is -2.28. The molecule has 0 aliphatic carbocycles. The fourth-order valence-electron chi connectivity index (χ4n) is 1.85. The number of hydrogen-bond acceptors (Lipinski definition) is 3. The molecule has 100 valence electrons. The fraction of sp³-hybridized carbons (Fsp3) is 0.286. The predicted octanol–water partition coefficient (Wildman–Crippen LogP) is 4.07. The Morgan fingerprint density at radius 2 is 2.37 bits per heavy atom. The molecular weight excluding hydrogens is 280 g/mol. The molecule has 2 heterocycles. The summed E-state index contributed by atoms with van der Waals surface area (Å²) < 4.78 is 0. The molecule has 3 nitrogen and oxygen atoms in total. The van der Waals surface area contributed by atoms with E-state index in [-0.39, 0.29) is 11.9 Å². The third kappa shape index (κ3) is 3.78. The summed E-state index contributed by atoms with van der Waals surface area (Å²) in [6.07, 6.45) is 3.47. The van der Waals surface area contributed by atoms with E-state index in [9.17, 15) is 4.79 Å². The van der Waals surface area contributed by atoms with E-state index in [1.54, 1.807) is 23.5 Å². The summed E-state index contributed by atoms with van der Waals surface area (Å²) in [6.45, 7) is 2.11. The summed E-state index contributed by atoms with van der Waals surface area (Å²) >= 11 is 7.46. The Balaban J connectivity index is 2.11. The van der Waals surface area contributed by atoms with E-state index in [1.807, 2.05) is 17.5 Å². The molecule has 0 spiro atoms. The first kappa shape index (κ1) is 14.0. The van der Waals surface area contributed by atoms with Crippen molar-refractivity contribution in [2.45, 2.75) is 25.8 Å². The van der Waals surface area contributed by atoms with E-state index in [0.717, 1.165) is 12.8 Å². The zero-order valence-corrected chi connectivity index (χ0v) is 12.2. The van der Waals surface area contributed by atoms with Crippen LogP contribution in [0.15, 0.2) is 35.8 Å². The monoisotopic (exact) mass is 294 g/mol. The van der Waals surface area contributed by atoms with Gasteiger partial charge in [0.25, 0.3) is 5.91 Å². The number of nitrogens with zero attached hydrogens (tertiary/aromatic N) is 1. The smallest absolute Gasteiger partial charge is 0.251 e. The normalized spacial score (nSPS) is 12.1. The van der Waals surface area contributed by atoms with Crippen LogP contribution in [0.4, 0.5) is 0 Å². The summed E-state index contributed by atoms with van der Waals surface area (Å²) in [4.78, 5) is 17.2. The van der Waals surface area contributed by atoms with Crippen molar-refractivity contribution >= 4 is 28.8 Å². The Kier molecular flexibility index (Phi) is 4.93. The number of nitrogens with one attached hydrogen (secondary N) is 1. The summed E-state index contributed by atoms with van der Waals surface area (Å²) in [6, 6.07) is 7.35. The molecule has 0 saturated heterocycles. The fourth-order valence-corrected chi connectivity index (χ4v) is 2.84. The number of carbonyl (C=O) groups is 1. The van der Waals surface area contributed by atoms with Gasteiger partial charge >= 0.3 is 0 Å². The van der Waals surface area contributed by atoms with Crippen LogP contribution >= 0.6 is 22.9 Å². The molecular formula is C14H15ClN2OS. The number of amides is 1. The summed E-state index contributed by atoms with van der Waals surface area (Å²) in [5.74, 6) is -0.115. The van der Waals surface area contributed by atoms with Gasteiger partial charge in [0.2, 0.25) is 0 Å². The van der Waals surface area contributed by atoms with E-state index < -0.39 is 0 Å². The van der Waals surface area contributed by atoms with Crippen molar-refractivity contribution in [2.24, 2.45) is 0 Å². The quantitative estimate of drug-likeness (QED) is 0.845. The Hall–Kier alpha value is -1.39. The second kappa shape index (κ2) is 6.68. The average molecular weight is 295 g/mol. The molecule has 19 heavy (non-hydrogen) atoms. The van der Waals surface area contributed by atoms with Crippen LogP contribution in [0.5, 0.6) is 0 Å². The lowest BCUT2D eigenvalue weighted by Gasteiger charge is -2.16. The standard InChI is InChI=1S/C14H15ClN2OS/c1-2-4-11(12-5-3-8-19-12)17-14(18)10-6-7-16-13(15)9-10/h3,5-9,11H,2,4H2,1H3,(H,17,18). The first-order valence-electron chi connectivity index (χ1n) is 6.16. The van der Waals surface area contributed by atoms with E-state index in [4.69, 9.17) is 11.6 Å². The maximum Gasteiger partial charge on any atom is 0.251 e. The molecule has 5 heteroatoms. The van der Waals surface area contributed by atoms with Crippen LogP contribution < -0.4 is 5.32 Å². The summed E-state index contributed by atoms with van der Waals surface area (Å²) in [5, 5.41) is 5.40. The first-order chi connectivity index (χ1) is 9.20. The SMILES string of the molecule is CCCC(NC(=O)c1ccnc(Cl)c1)c1cccs1. The van der Waals surface area contributed by atoms with Crippen LogP contribution in [0.3, 0.4) is 0 Å². The van der Waals surface area contributed by atoms with Gasteiger partial charge < -0.3 is 5.32 Å². The Labute approximate surface area is 121 Å². The molecule has 1 N–H and O–H groups in total. The first-order valence-corrected chi connectivity index (χ1v) is 7.42. The maximum absolute atomic E-state index is 12.2. The van der Waals surface area contributed by atoms with E-state index in [0.29, 0.717) is 10.7 Å². The molecule has 0 aliphatic rings. The molecule has 0 fully saturated rings. The molecule has 2 rings (SSSR count). The lowest BCUT2D eigenvalue weighted by atomic mass is 10.1. The molecule has 1 atom stereocenters. The number of rotatable bonds is 5. The van der Waals surface area contributed by atoms with Crippen molar-refractivity contribution in [3.05, 3.63) is 51.4 Å². The van der Waals surface area contributed by atoms with Crippen molar-refractivity contribution in [3.8, 4) is 0 Å². The second-order valence-corrected chi connectivity index (χ2v) is 5.56. The van der Waals surface area contributed by atoms with Crippen LogP contribution in [-0.4, -0.2) is 10.9 Å². The van der Waals surface area contributed by atoms with Crippen LogP contribution in [0.25, 0.3) is 0 Å². The zero-order chi connectivity index (χ0) is 13.7. The van der Waals surface area contributed by atoms with Crippen LogP contribution in [-0.2, 0) is 0 Å². The van der Waals surface area contributed by atoms with E-state index in [2.05, 4.69) is 17.2 Å². The third-order valence-electron chi connectivity index (χ3n) is 2.76. The predicted molar refractivity (Wildman–Crippen MR) is 78.7 cm³/mol. The topological polar surface area (TPSA) is 42.0 Å². The highest BCUT2D eigenvalue weighted by atomic mass is 35.5. The van der Waals surface area contributed by atoms with Gasteiger partial charge in [-0.2, -0.15) is 0 Å². The summed E-state index contributed by atoms with van der Waals surface area (Å²) in [7, 11) is 0. The molecule has 2 aromatic rings. The minimum atomic E-state index is -0.115. The largest absolute Gasteiger partial charge is 0.344 e. The number of pyridine rings is 1. The number of carbonyl (C=O) groups excluding carboxylic acids is 1. The third-order valence-corrected chi connectivity index (χ3v) is 3.95. The van der Waals surface area contributed by atoms with Gasteiger partial charge in [-0.15, -0.1) is 11.3 Å². The van der Waals surface area contributed by atoms with Crippen molar-refractivity contribution in [1.82, 2.24) is 10.3 Å². The van der Waals surface area contributed by atoms with Gasteiger partial charge in [-0.3, -0.25) is 4.79 Å². The minimum absolute atomic E-state index is 0.0597. The Bertz CT molecular complexity index is 542. The zero-order valence-electron chi connectivity index (χ0n) is 10.6. The molecule has 0 radical (unpaired) electrons. The number of thiophene rings is 1. The van der Waals surface area contributed by atoms with E-state index >= 15 is 0 Å². The van der Waals surface area contributed by atoms with Gasteiger partial charge in [0.05, 0.1) is 6.04 Å². The van der Waals surface area contributed by atoms with Crippen molar-refractivity contribution in [2.75, 3.05) is 0 Å². The summed E-state index contributed by atoms with van der Waals surface area (Å²) in [5.41, 5.74) is 0.539. The second-order valence-electron chi connectivity index (χ2n) is 4.20. The Morgan fingerprint density at radius 3 is 3.00 bits per heavy atom. The molecule has 0 bridgehead atoms. The van der Waals surface area contributed by atoms with Gasteiger partial charge in [-0.1, -0.05) is 31.0 Å². The number of hydrogen-bond donors (Lipinski definition) is 1. The van der Waals surface area contributed by atoms with Gasteiger partial charge in [0.1, 0.15) is 5.15 Å². The highest BCUT2D eigenvalue weighted by molar-refractivity contribution is 7.10. The van der Waals surface area contributed by atoms with Gasteiger partial charge in [0, 0.05) is 16.6 Å². The van der Waals surface area contributed by atoms with Gasteiger partial charge in [-0.25, -0.2) is 4.98 Å². The average Bonchev–Trinajstić information content (AvgIpc) is 2.92. The molecule has 2 aromatic heterocycles. The maximum atomic E-state index is 12.2. The highest BCUT2D eigenvalue weighted by Crippen LogP contribution is 2.23. The lowest BCUT2D eigenvalue weighted by molar-refractivity contribution is 0.0935. The molecule has 0 aromatic carbocycles. The van der Waals surface area contributed by atoms with Gasteiger partial charge in [0.15, 0.2) is 0 Å². The molecule has 1 amide bonds. The number of aromatic nitrogens is 1. The highest BCUT2D eigenvalue weighted by Gasteiger charge is 2.16. The van der Waals surface area contributed by atoms with E-state index in [1.165, 1.54) is 11.1 Å².